The first-order valence-electron chi connectivity index (χ1n) is 10.1. The fourth-order valence-corrected chi connectivity index (χ4v) is 2.64. The van der Waals surface area contributed by atoms with E-state index in [0.717, 1.165) is 0 Å². The van der Waals surface area contributed by atoms with Crippen LogP contribution in [0.4, 0.5) is 32.3 Å². The number of nitrogens with one attached hydrogen (secondary N) is 2. The van der Waals surface area contributed by atoms with Crippen molar-refractivity contribution in [3.05, 3.63) is 47.5 Å². The molecule has 0 spiro atoms. The van der Waals surface area contributed by atoms with Crippen LogP contribution in [0, 0.1) is 19.3 Å². The number of ether oxygens (including phenoxy) is 2. The molecule has 2 aromatic rings. The van der Waals surface area contributed by atoms with Gasteiger partial charge < -0.3 is 14.6 Å². The van der Waals surface area contributed by atoms with Gasteiger partial charge in [0.2, 0.25) is 12.2 Å². The highest BCUT2D eigenvalue weighted by Crippen LogP contribution is 2.25. The number of carbonyl (C=O) groups excluding carboxylic acids is 4. The van der Waals surface area contributed by atoms with Crippen LogP contribution in [0.25, 0.3) is 0 Å². The molecule has 0 atom stereocenters. The minimum Gasteiger partial charge on any atom is -0.481 e. The molecule has 0 unspecified atom stereocenters. The zero-order chi connectivity index (χ0) is 26.0. The molecule has 0 aliphatic heterocycles. The molecule has 12 nitrogen and oxygen atoms in total. The lowest BCUT2D eigenvalue weighted by Crippen LogP contribution is -2.40. The van der Waals surface area contributed by atoms with Crippen LogP contribution in [0.15, 0.2) is 46.4 Å². The highest BCUT2D eigenvalue weighted by atomic mass is 16.6. The van der Waals surface area contributed by atoms with Gasteiger partial charge in [0.25, 0.3) is 0 Å². The number of hydrogen-bond donors (Lipinski definition) is 3. The first-order valence-corrected chi connectivity index (χ1v) is 10.1. The van der Waals surface area contributed by atoms with Gasteiger partial charge in [-0.3, -0.25) is 15.4 Å². The van der Waals surface area contributed by atoms with Crippen LogP contribution in [0.1, 0.15) is 18.1 Å². The number of aryl methyl sites for hydroxylation is 2. The first-order chi connectivity index (χ1) is 16.6. The van der Waals surface area contributed by atoms with Gasteiger partial charge in [0, 0.05) is 11.4 Å². The second-order valence-electron chi connectivity index (χ2n) is 7.68. The van der Waals surface area contributed by atoms with Gasteiger partial charge in [-0.2, -0.15) is 9.98 Å². The third-order valence-electron chi connectivity index (χ3n) is 4.80. The number of amides is 2. The number of hydrogen-bond acceptors (Lipinski definition) is 9. The topological polar surface area (TPSA) is 173 Å². The lowest BCUT2D eigenvalue weighted by molar-refractivity contribution is -0.152. The molecule has 2 aromatic carbocycles. The lowest BCUT2D eigenvalue weighted by atomic mass is 9.93. The fraction of sp³-hybridized carbons (Fsp3) is 0.261. The van der Waals surface area contributed by atoms with Gasteiger partial charge in [-0.15, -0.1) is 0 Å². The number of carboxylic acids is 1. The van der Waals surface area contributed by atoms with E-state index in [0.29, 0.717) is 22.5 Å². The summed E-state index contributed by atoms with van der Waals surface area (Å²) in [5.74, 6) is -1.37. The smallest absolute Gasteiger partial charge is 0.411 e. The molecule has 2 amide bonds. The van der Waals surface area contributed by atoms with Crippen molar-refractivity contribution in [3.8, 4) is 0 Å². The number of carboxylic acid groups (broad SMARTS) is 1. The van der Waals surface area contributed by atoms with E-state index in [1.165, 1.54) is 31.2 Å². The SMILES string of the molecule is Cc1ccc(NC(=O)OCC(C)(COC(=O)Nc2ccc(C)c(N=C=O)c2)C(=O)O)cc1N=C=O. The average molecular weight is 482 g/mol. The molecular formula is C23H22N4O8. The van der Waals surface area contributed by atoms with Crippen LogP contribution in [0.2, 0.25) is 0 Å². The van der Waals surface area contributed by atoms with Crippen molar-refractivity contribution in [1.29, 1.82) is 0 Å². The molecule has 0 saturated carbocycles. The minimum absolute atomic E-state index is 0.263. The van der Waals surface area contributed by atoms with E-state index in [4.69, 9.17) is 9.47 Å². The summed E-state index contributed by atoms with van der Waals surface area (Å²) in [7, 11) is 0. The van der Waals surface area contributed by atoms with Crippen LogP contribution >= 0.6 is 0 Å². The Morgan fingerprint density at radius 2 is 1.26 bits per heavy atom. The molecule has 35 heavy (non-hydrogen) atoms. The number of anilines is 2. The predicted octanol–water partition coefficient (Wildman–Crippen LogP) is 4.13. The lowest BCUT2D eigenvalue weighted by Gasteiger charge is -2.24. The van der Waals surface area contributed by atoms with Crippen molar-refractivity contribution in [2.24, 2.45) is 15.4 Å². The molecule has 0 aromatic heterocycles. The number of benzene rings is 2. The number of carbonyl (C=O) groups is 3. The Hall–Kier alpha value is -4.79. The van der Waals surface area contributed by atoms with Crippen molar-refractivity contribution in [3.63, 3.8) is 0 Å². The van der Waals surface area contributed by atoms with Crippen molar-refractivity contribution in [1.82, 2.24) is 0 Å². The second kappa shape index (κ2) is 11.9. The van der Waals surface area contributed by atoms with Gasteiger partial charge in [0.1, 0.15) is 18.6 Å². The molecular weight excluding hydrogens is 460 g/mol. The summed E-state index contributed by atoms with van der Waals surface area (Å²) in [4.78, 5) is 64.0. The number of rotatable bonds is 9. The maximum absolute atomic E-state index is 12.1. The van der Waals surface area contributed by atoms with Gasteiger partial charge in [0.15, 0.2) is 0 Å². The van der Waals surface area contributed by atoms with E-state index in [1.807, 2.05) is 0 Å². The summed E-state index contributed by atoms with van der Waals surface area (Å²) >= 11 is 0. The largest absolute Gasteiger partial charge is 0.481 e. The van der Waals surface area contributed by atoms with Gasteiger partial charge in [-0.1, -0.05) is 12.1 Å². The van der Waals surface area contributed by atoms with E-state index < -0.39 is 36.8 Å². The normalized spacial score (nSPS) is 11.6. The quantitative estimate of drug-likeness (QED) is 0.353. The van der Waals surface area contributed by atoms with Crippen molar-refractivity contribution < 1.29 is 38.6 Å². The molecule has 0 radical (unpaired) electrons. The van der Waals surface area contributed by atoms with E-state index in [9.17, 15) is 29.1 Å². The van der Waals surface area contributed by atoms with Crippen LogP contribution in [-0.4, -0.2) is 48.6 Å². The maximum Gasteiger partial charge on any atom is 0.411 e. The van der Waals surface area contributed by atoms with E-state index >= 15 is 0 Å². The molecule has 182 valence electrons. The number of isocyanates is 2. The van der Waals surface area contributed by atoms with Crippen LogP contribution in [0.3, 0.4) is 0 Å². The predicted molar refractivity (Wildman–Crippen MR) is 124 cm³/mol. The first kappa shape index (κ1) is 26.5. The zero-order valence-electron chi connectivity index (χ0n) is 19.1. The molecule has 2 rings (SSSR count). The molecule has 3 N–H and O–H groups in total. The number of aliphatic imine (C=N–C) groups is 2. The molecule has 0 bridgehead atoms. The monoisotopic (exact) mass is 482 g/mol. The summed E-state index contributed by atoms with van der Waals surface area (Å²) in [5.41, 5.74) is 0.726. The number of aliphatic carboxylic acids is 1. The van der Waals surface area contributed by atoms with E-state index in [-0.39, 0.29) is 11.4 Å². The van der Waals surface area contributed by atoms with Crippen LogP contribution < -0.4 is 10.6 Å². The Kier molecular flexibility index (Phi) is 8.99. The fourth-order valence-electron chi connectivity index (χ4n) is 2.64. The molecule has 12 heteroatoms. The summed E-state index contributed by atoms with van der Waals surface area (Å²) in [5, 5.41) is 14.4. The Labute approximate surface area is 199 Å². The van der Waals surface area contributed by atoms with Crippen LogP contribution in [0.5, 0.6) is 0 Å². The summed E-state index contributed by atoms with van der Waals surface area (Å²) < 4.78 is 10.0. The van der Waals surface area contributed by atoms with Gasteiger partial charge in [0.05, 0.1) is 11.4 Å². The Morgan fingerprint density at radius 1 is 0.857 bits per heavy atom. The maximum atomic E-state index is 12.1. The summed E-state index contributed by atoms with van der Waals surface area (Å²) in [6.07, 6.45) is 0.896. The highest BCUT2D eigenvalue weighted by Gasteiger charge is 2.37. The van der Waals surface area contributed by atoms with Crippen molar-refractivity contribution >= 4 is 53.1 Å². The van der Waals surface area contributed by atoms with Gasteiger partial charge in [-0.05, 0) is 56.2 Å². The van der Waals surface area contributed by atoms with Gasteiger partial charge in [-0.25, -0.2) is 19.2 Å². The Morgan fingerprint density at radius 3 is 1.60 bits per heavy atom. The zero-order valence-corrected chi connectivity index (χ0v) is 19.1. The van der Waals surface area contributed by atoms with E-state index in [1.54, 1.807) is 38.1 Å². The molecule has 0 heterocycles. The van der Waals surface area contributed by atoms with Gasteiger partial charge >= 0.3 is 18.2 Å². The molecule has 0 fully saturated rings. The minimum atomic E-state index is -1.75. The Bertz CT molecular complexity index is 1140. The standard InChI is InChI=1S/C23H22N4O8/c1-14-4-6-16(8-18(14)24-12-28)26-21(32)34-10-23(3,20(30)31)11-35-22(33)27-17-7-5-15(2)19(9-17)25-13-29/h4-9H,10-11H2,1-3H3,(H,26,32)(H,27,33)(H,30,31). The van der Waals surface area contributed by atoms with Crippen LogP contribution in [-0.2, 0) is 23.9 Å². The Balaban J connectivity index is 1.96. The van der Waals surface area contributed by atoms with E-state index in [2.05, 4.69) is 20.6 Å². The molecule has 0 aliphatic carbocycles. The third kappa shape index (κ3) is 7.64. The summed E-state index contributed by atoms with van der Waals surface area (Å²) in [6, 6.07) is 9.15. The molecule has 0 aliphatic rings. The van der Waals surface area contributed by atoms with Crippen molar-refractivity contribution in [2.45, 2.75) is 20.8 Å². The van der Waals surface area contributed by atoms with Crippen molar-refractivity contribution in [2.75, 3.05) is 23.8 Å². The molecule has 0 saturated heterocycles. The third-order valence-corrected chi connectivity index (χ3v) is 4.80. The second-order valence-corrected chi connectivity index (χ2v) is 7.68. The summed E-state index contributed by atoms with van der Waals surface area (Å²) in [6.45, 7) is 3.43. The average Bonchev–Trinajstić information content (AvgIpc) is 2.81. The highest BCUT2D eigenvalue weighted by molar-refractivity contribution is 5.87. The number of nitrogens with zero attached hydrogens (tertiary/aromatic N) is 2.